The number of halogens is 1. The van der Waals surface area contributed by atoms with Gasteiger partial charge in [-0.05, 0) is 17.7 Å². The summed E-state index contributed by atoms with van der Waals surface area (Å²) in [6.07, 6.45) is 0. The maximum Gasteiger partial charge on any atom is 0.214 e. The molecule has 4 heteroatoms. The number of nitrogens with zero attached hydrogens (tertiary/aromatic N) is 1. The monoisotopic (exact) mass is 298 g/mol. The van der Waals surface area contributed by atoms with Gasteiger partial charge in [0.2, 0.25) is 5.88 Å². The molecule has 0 atom stereocenters. The minimum atomic E-state index is 0.384. The van der Waals surface area contributed by atoms with Gasteiger partial charge in [-0.1, -0.05) is 48.0 Å². The van der Waals surface area contributed by atoms with Crippen LogP contribution in [0.25, 0.3) is 10.9 Å². The Morgan fingerprint density at radius 2 is 1.76 bits per heavy atom. The highest BCUT2D eigenvalue weighted by Crippen LogP contribution is 2.23. The van der Waals surface area contributed by atoms with Gasteiger partial charge in [0, 0.05) is 28.6 Å². The molecule has 0 amide bonds. The highest BCUT2D eigenvalue weighted by Gasteiger charge is 2.06. The van der Waals surface area contributed by atoms with Crippen LogP contribution in [0.4, 0.5) is 0 Å². The van der Waals surface area contributed by atoms with Gasteiger partial charge in [-0.2, -0.15) is 0 Å². The van der Waals surface area contributed by atoms with E-state index in [4.69, 9.17) is 22.1 Å². The van der Waals surface area contributed by atoms with E-state index in [0.717, 1.165) is 22.0 Å². The summed E-state index contributed by atoms with van der Waals surface area (Å²) < 4.78 is 5.77. The van der Waals surface area contributed by atoms with Gasteiger partial charge in [-0.3, -0.25) is 0 Å². The van der Waals surface area contributed by atoms with Crippen molar-refractivity contribution in [1.29, 1.82) is 0 Å². The van der Waals surface area contributed by atoms with Gasteiger partial charge in [0.15, 0.2) is 0 Å². The smallest absolute Gasteiger partial charge is 0.214 e. The van der Waals surface area contributed by atoms with E-state index in [1.165, 1.54) is 0 Å². The number of benzene rings is 2. The number of para-hydroxylation sites is 1. The summed E-state index contributed by atoms with van der Waals surface area (Å²) in [5, 5.41) is 1.75. The Balaban J connectivity index is 1.89. The third-order valence-electron chi connectivity index (χ3n) is 3.33. The molecule has 2 aromatic carbocycles. The fourth-order valence-electron chi connectivity index (χ4n) is 2.23. The second kappa shape index (κ2) is 6.12. The van der Waals surface area contributed by atoms with Gasteiger partial charge in [0.05, 0.1) is 5.52 Å². The Morgan fingerprint density at radius 1 is 1.00 bits per heavy atom. The van der Waals surface area contributed by atoms with Crippen LogP contribution in [-0.2, 0) is 13.2 Å². The quantitative estimate of drug-likeness (QED) is 0.794. The summed E-state index contributed by atoms with van der Waals surface area (Å²) in [4.78, 5) is 4.51. The van der Waals surface area contributed by atoms with E-state index < -0.39 is 0 Å². The molecule has 2 N–H and O–H groups in total. The lowest BCUT2D eigenvalue weighted by atomic mass is 10.1. The van der Waals surface area contributed by atoms with Crippen LogP contribution in [0.5, 0.6) is 5.88 Å². The minimum absolute atomic E-state index is 0.384. The number of aromatic nitrogens is 1. The van der Waals surface area contributed by atoms with Gasteiger partial charge in [0.1, 0.15) is 6.61 Å². The molecule has 1 aromatic heterocycles. The standard InChI is InChI=1S/C17H15ClN2O/c18-15-7-3-1-5-12(15)11-21-17-9-13(10-19)14-6-2-4-8-16(14)20-17/h1-9H,10-11,19H2. The summed E-state index contributed by atoms with van der Waals surface area (Å²) in [5.41, 5.74) is 8.65. The second-order valence-electron chi connectivity index (χ2n) is 4.72. The Morgan fingerprint density at radius 3 is 2.57 bits per heavy atom. The highest BCUT2D eigenvalue weighted by molar-refractivity contribution is 6.31. The number of nitrogens with two attached hydrogens (primary N) is 1. The van der Waals surface area contributed by atoms with Crippen molar-refractivity contribution < 1.29 is 4.74 Å². The third kappa shape index (κ3) is 2.99. The third-order valence-corrected chi connectivity index (χ3v) is 3.70. The van der Waals surface area contributed by atoms with Crippen molar-refractivity contribution in [3.63, 3.8) is 0 Å². The van der Waals surface area contributed by atoms with Crippen molar-refractivity contribution in [3.8, 4) is 5.88 Å². The van der Waals surface area contributed by atoms with E-state index in [9.17, 15) is 0 Å². The summed E-state index contributed by atoms with van der Waals surface area (Å²) in [5.74, 6) is 0.564. The molecule has 0 spiro atoms. The lowest BCUT2D eigenvalue weighted by Crippen LogP contribution is -2.02. The lowest BCUT2D eigenvalue weighted by molar-refractivity contribution is 0.295. The molecule has 0 aliphatic carbocycles. The fourth-order valence-corrected chi connectivity index (χ4v) is 2.42. The molecule has 3 nitrogen and oxygen atoms in total. The molecule has 0 aliphatic rings. The molecule has 0 bridgehead atoms. The topological polar surface area (TPSA) is 48.1 Å². The van der Waals surface area contributed by atoms with Crippen molar-refractivity contribution in [2.45, 2.75) is 13.2 Å². The average molecular weight is 299 g/mol. The number of ether oxygens (including phenoxy) is 1. The second-order valence-corrected chi connectivity index (χ2v) is 5.13. The van der Waals surface area contributed by atoms with Gasteiger partial charge in [0.25, 0.3) is 0 Å². The first-order valence-electron chi connectivity index (χ1n) is 6.73. The first-order valence-corrected chi connectivity index (χ1v) is 7.10. The average Bonchev–Trinajstić information content (AvgIpc) is 2.53. The van der Waals surface area contributed by atoms with Crippen molar-refractivity contribution >= 4 is 22.5 Å². The molecule has 0 saturated carbocycles. The van der Waals surface area contributed by atoms with Gasteiger partial charge < -0.3 is 10.5 Å². The number of rotatable bonds is 4. The van der Waals surface area contributed by atoms with Crippen LogP contribution in [0.3, 0.4) is 0 Å². The van der Waals surface area contributed by atoms with E-state index in [-0.39, 0.29) is 0 Å². The predicted molar refractivity (Wildman–Crippen MR) is 85.4 cm³/mol. The molecule has 0 saturated heterocycles. The van der Waals surface area contributed by atoms with E-state index in [2.05, 4.69) is 4.98 Å². The molecule has 0 unspecified atom stereocenters. The van der Waals surface area contributed by atoms with E-state index >= 15 is 0 Å². The minimum Gasteiger partial charge on any atom is -0.473 e. The predicted octanol–water partition coefficient (Wildman–Crippen LogP) is 3.93. The Kier molecular flexibility index (Phi) is 4.04. The largest absolute Gasteiger partial charge is 0.473 e. The van der Waals surface area contributed by atoms with Gasteiger partial charge >= 0.3 is 0 Å². The first kappa shape index (κ1) is 13.9. The number of hydrogen-bond donors (Lipinski definition) is 1. The van der Waals surface area contributed by atoms with Crippen molar-refractivity contribution in [3.05, 3.63) is 70.7 Å². The highest BCUT2D eigenvalue weighted by atomic mass is 35.5. The Hall–Kier alpha value is -2.10. The van der Waals surface area contributed by atoms with Crippen LogP contribution >= 0.6 is 11.6 Å². The molecule has 3 rings (SSSR count). The number of pyridine rings is 1. The van der Waals surface area contributed by atoms with Crippen LogP contribution < -0.4 is 10.5 Å². The lowest BCUT2D eigenvalue weighted by Gasteiger charge is -2.10. The van der Waals surface area contributed by atoms with Crippen LogP contribution in [0, 0.1) is 0 Å². The molecule has 1 heterocycles. The van der Waals surface area contributed by atoms with Crippen molar-refractivity contribution in [2.75, 3.05) is 0 Å². The maximum atomic E-state index is 6.12. The molecular weight excluding hydrogens is 284 g/mol. The van der Waals surface area contributed by atoms with Gasteiger partial charge in [-0.25, -0.2) is 4.98 Å². The van der Waals surface area contributed by atoms with E-state index in [0.29, 0.717) is 24.1 Å². The first-order chi connectivity index (χ1) is 10.3. The zero-order valence-corrected chi connectivity index (χ0v) is 12.2. The number of fused-ring (bicyclic) bond motifs is 1. The fraction of sp³-hybridized carbons (Fsp3) is 0.118. The zero-order valence-electron chi connectivity index (χ0n) is 11.4. The SMILES string of the molecule is NCc1cc(OCc2ccccc2Cl)nc2ccccc12. The summed E-state index contributed by atoms with van der Waals surface area (Å²) in [6, 6.07) is 17.4. The summed E-state index contributed by atoms with van der Waals surface area (Å²) in [6.45, 7) is 0.834. The van der Waals surface area contributed by atoms with Crippen LogP contribution in [-0.4, -0.2) is 4.98 Å². The molecule has 0 radical (unpaired) electrons. The molecule has 0 aliphatic heterocycles. The summed E-state index contributed by atoms with van der Waals surface area (Å²) >= 11 is 6.12. The Labute approximate surface area is 128 Å². The number of hydrogen-bond acceptors (Lipinski definition) is 3. The molecule has 21 heavy (non-hydrogen) atoms. The molecule has 3 aromatic rings. The normalized spacial score (nSPS) is 10.8. The molecule has 0 fully saturated rings. The summed E-state index contributed by atoms with van der Waals surface area (Å²) in [7, 11) is 0. The molecular formula is C17H15ClN2O. The zero-order chi connectivity index (χ0) is 14.7. The van der Waals surface area contributed by atoms with Crippen LogP contribution in [0.15, 0.2) is 54.6 Å². The maximum absolute atomic E-state index is 6.12. The van der Waals surface area contributed by atoms with Gasteiger partial charge in [-0.15, -0.1) is 0 Å². The molecule has 106 valence electrons. The van der Waals surface area contributed by atoms with Crippen LogP contribution in [0.1, 0.15) is 11.1 Å². The van der Waals surface area contributed by atoms with E-state index in [1.807, 2.05) is 54.6 Å². The van der Waals surface area contributed by atoms with Crippen molar-refractivity contribution in [1.82, 2.24) is 4.98 Å². The van der Waals surface area contributed by atoms with E-state index in [1.54, 1.807) is 0 Å². The van der Waals surface area contributed by atoms with Crippen LogP contribution in [0.2, 0.25) is 5.02 Å². The Bertz CT molecular complexity index is 774. The van der Waals surface area contributed by atoms with Crippen molar-refractivity contribution in [2.24, 2.45) is 5.73 Å².